The van der Waals surface area contributed by atoms with E-state index in [9.17, 15) is 0 Å². The molecule has 0 amide bonds. The Bertz CT molecular complexity index is 559. The van der Waals surface area contributed by atoms with E-state index in [4.69, 9.17) is 18.0 Å². The lowest BCUT2D eigenvalue weighted by atomic mass is 10.2. The lowest BCUT2D eigenvalue weighted by molar-refractivity contribution is 0.924. The van der Waals surface area contributed by atoms with Gasteiger partial charge >= 0.3 is 0 Å². The van der Waals surface area contributed by atoms with Crippen LogP contribution in [0.25, 0.3) is 0 Å². The molecule has 0 aliphatic carbocycles. The Balaban J connectivity index is 2.08. The number of thiocarbonyl (C=S) groups is 1. The van der Waals surface area contributed by atoms with Gasteiger partial charge < -0.3 is 11.1 Å². The molecule has 3 N–H and O–H groups in total. The second-order valence-electron chi connectivity index (χ2n) is 3.63. The van der Waals surface area contributed by atoms with E-state index in [1.807, 2.05) is 30.3 Å². The fourth-order valence-electron chi connectivity index (χ4n) is 1.43. The molecule has 0 unspecified atom stereocenters. The molecule has 1 aromatic heterocycles. The smallest absolute Gasteiger partial charge is 0.104 e. The summed E-state index contributed by atoms with van der Waals surface area (Å²) in [6.07, 6.45) is 1.65. The van der Waals surface area contributed by atoms with Crippen molar-refractivity contribution < 1.29 is 0 Å². The average molecular weight is 323 g/mol. The Morgan fingerprint density at radius 3 is 2.83 bits per heavy atom. The van der Waals surface area contributed by atoms with Gasteiger partial charge in [0, 0.05) is 21.9 Å². The second-order valence-corrected chi connectivity index (χ2v) is 4.92. The van der Waals surface area contributed by atoms with Crippen LogP contribution in [0.3, 0.4) is 0 Å². The van der Waals surface area contributed by atoms with E-state index in [1.165, 1.54) is 0 Å². The summed E-state index contributed by atoms with van der Waals surface area (Å²) in [7, 11) is 0. The van der Waals surface area contributed by atoms with E-state index >= 15 is 0 Å². The number of rotatable bonds is 4. The van der Waals surface area contributed by atoms with Crippen LogP contribution in [-0.2, 0) is 6.54 Å². The maximum atomic E-state index is 5.57. The Hall–Kier alpha value is -1.53. The zero-order valence-corrected chi connectivity index (χ0v) is 11.8. The number of aromatic nitrogens is 2. The fraction of sp³-hybridized carbons (Fsp3) is 0.0833. The molecule has 0 aliphatic heterocycles. The van der Waals surface area contributed by atoms with Gasteiger partial charge in [0.15, 0.2) is 0 Å². The summed E-state index contributed by atoms with van der Waals surface area (Å²) in [4.78, 5) is 0.385. The molecule has 2 rings (SSSR count). The van der Waals surface area contributed by atoms with Gasteiger partial charge in [-0.25, -0.2) is 0 Å². The van der Waals surface area contributed by atoms with Crippen LogP contribution in [0.1, 0.15) is 11.3 Å². The van der Waals surface area contributed by atoms with Crippen molar-refractivity contribution in [3.05, 3.63) is 52.3 Å². The SMILES string of the molecule is NC(=S)c1ccc(NCc2cccnn2)c(Br)c1. The number of halogens is 1. The van der Waals surface area contributed by atoms with Crippen molar-refractivity contribution >= 4 is 38.8 Å². The van der Waals surface area contributed by atoms with E-state index in [0.29, 0.717) is 11.5 Å². The standard InChI is InChI=1S/C12H11BrN4S/c13-10-6-8(12(14)18)3-4-11(10)15-7-9-2-1-5-16-17-9/h1-6,15H,7H2,(H2,14,18). The van der Waals surface area contributed by atoms with Crippen molar-refractivity contribution in [1.82, 2.24) is 10.2 Å². The molecular formula is C12H11BrN4S. The molecule has 92 valence electrons. The highest BCUT2D eigenvalue weighted by molar-refractivity contribution is 9.10. The van der Waals surface area contributed by atoms with E-state index < -0.39 is 0 Å². The van der Waals surface area contributed by atoms with Crippen molar-refractivity contribution in [2.75, 3.05) is 5.32 Å². The largest absolute Gasteiger partial charge is 0.389 e. The molecule has 0 fully saturated rings. The van der Waals surface area contributed by atoms with E-state index in [0.717, 1.165) is 21.4 Å². The minimum Gasteiger partial charge on any atom is -0.389 e. The Labute approximate surface area is 119 Å². The minimum atomic E-state index is 0.385. The van der Waals surface area contributed by atoms with Gasteiger partial charge in [0.25, 0.3) is 0 Å². The van der Waals surface area contributed by atoms with Gasteiger partial charge in [-0.15, -0.1) is 0 Å². The zero-order chi connectivity index (χ0) is 13.0. The van der Waals surface area contributed by atoms with Crippen LogP contribution in [-0.4, -0.2) is 15.2 Å². The molecule has 0 saturated heterocycles. The molecule has 18 heavy (non-hydrogen) atoms. The average Bonchev–Trinajstić information content (AvgIpc) is 2.38. The van der Waals surface area contributed by atoms with Crippen molar-refractivity contribution in [1.29, 1.82) is 0 Å². The molecule has 0 bridgehead atoms. The van der Waals surface area contributed by atoms with Crippen LogP contribution in [0.5, 0.6) is 0 Å². The Kier molecular flexibility index (Phi) is 4.22. The minimum absolute atomic E-state index is 0.385. The highest BCUT2D eigenvalue weighted by atomic mass is 79.9. The number of benzene rings is 1. The maximum Gasteiger partial charge on any atom is 0.104 e. The quantitative estimate of drug-likeness (QED) is 0.847. The lowest BCUT2D eigenvalue weighted by Crippen LogP contribution is -2.09. The van der Waals surface area contributed by atoms with Gasteiger partial charge in [0.2, 0.25) is 0 Å². The molecule has 2 aromatic rings. The van der Waals surface area contributed by atoms with E-state index in [-0.39, 0.29) is 0 Å². The number of anilines is 1. The van der Waals surface area contributed by atoms with Crippen molar-refractivity contribution in [2.24, 2.45) is 5.73 Å². The summed E-state index contributed by atoms with van der Waals surface area (Å²) >= 11 is 8.40. The third-order valence-corrected chi connectivity index (χ3v) is 3.23. The summed E-state index contributed by atoms with van der Waals surface area (Å²) in [5, 5.41) is 11.1. The van der Waals surface area contributed by atoms with Gasteiger partial charge in [0.05, 0.1) is 12.2 Å². The molecule has 6 heteroatoms. The maximum absolute atomic E-state index is 5.57. The van der Waals surface area contributed by atoms with Gasteiger partial charge in [0.1, 0.15) is 4.99 Å². The van der Waals surface area contributed by atoms with E-state index in [2.05, 4.69) is 31.4 Å². The first kappa shape index (κ1) is 12.9. The first-order chi connectivity index (χ1) is 8.66. The summed E-state index contributed by atoms with van der Waals surface area (Å²) in [6.45, 7) is 0.610. The molecule has 1 heterocycles. The topological polar surface area (TPSA) is 63.8 Å². The molecule has 1 aromatic carbocycles. The predicted molar refractivity (Wildman–Crippen MR) is 79.4 cm³/mol. The Morgan fingerprint density at radius 1 is 1.39 bits per heavy atom. The predicted octanol–water partition coefficient (Wildman–Crippen LogP) is 2.49. The van der Waals surface area contributed by atoms with Crippen LogP contribution < -0.4 is 11.1 Å². The van der Waals surface area contributed by atoms with Gasteiger partial charge in [-0.1, -0.05) is 12.2 Å². The molecular weight excluding hydrogens is 312 g/mol. The number of hydrogen-bond donors (Lipinski definition) is 2. The van der Waals surface area contributed by atoms with Crippen molar-refractivity contribution in [3.63, 3.8) is 0 Å². The molecule has 0 aliphatic rings. The van der Waals surface area contributed by atoms with Crippen molar-refractivity contribution in [3.8, 4) is 0 Å². The van der Waals surface area contributed by atoms with Crippen LogP contribution in [0.15, 0.2) is 41.0 Å². The third-order valence-electron chi connectivity index (χ3n) is 2.34. The van der Waals surface area contributed by atoms with Gasteiger partial charge in [-0.2, -0.15) is 10.2 Å². The lowest BCUT2D eigenvalue weighted by Gasteiger charge is -2.09. The summed E-state index contributed by atoms with van der Waals surface area (Å²) < 4.78 is 0.914. The summed E-state index contributed by atoms with van der Waals surface area (Å²) in [6, 6.07) is 9.47. The number of nitrogens with zero attached hydrogens (tertiary/aromatic N) is 2. The van der Waals surface area contributed by atoms with Crippen LogP contribution in [0, 0.1) is 0 Å². The fourth-order valence-corrected chi connectivity index (χ4v) is 2.07. The molecule has 0 atom stereocenters. The van der Waals surface area contributed by atoms with E-state index in [1.54, 1.807) is 6.20 Å². The third kappa shape index (κ3) is 3.24. The second kappa shape index (κ2) is 5.88. The van der Waals surface area contributed by atoms with Crippen LogP contribution in [0.4, 0.5) is 5.69 Å². The zero-order valence-electron chi connectivity index (χ0n) is 9.43. The van der Waals surface area contributed by atoms with Crippen molar-refractivity contribution in [2.45, 2.75) is 6.54 Å². The Morgan fingerprint density at radius 2 is 2.22 bits per heavy atom. The van der Waals surface area contributed by atoms with Crippen LogP contribution in [0.2, 0.25) is 0 Å². The normalized spacial score (nSPS) is 10.1. The first-order valence-electron chi connectivity index (χ1n) is 5.26. The molecule has 0 spiro atoms. The summed E-state index contributed by atoms with van der Waals surface area (Å²) in [5.74, 6) is 0. The van der Waals surface area contributed by atoms with Gasteiger partial charge in [-0.05, 0) is 46.3 Å². The summed E-state index contributed by atoms with van der Waals surface area (Å²) in [5.41, 5.74) is 8.24. The van der Waals surface area contributed by atoms with Gasteiger partial charge in [-0.3, -0.25) is 0 Å². The number of nitrogens with one attached hydrogen (secondary N) is 1. The highest BCUT2D eigenvalue weighted by Crippen LogP contribution is 2.24. The molecule has 0 saturated carbocycles. The first-order valence-corrected chi connectivity index (χ1v) is 6.47. The monoisotopic (exact) mass is 322 g/mol. The number of nitrogens with two attached hydrogens (primary N) is 1. The van der Waals surface area contributed by atoms with Crippen LogP contribution >= 0.6 is 28.1 Å². The molecule has 0 radical (unpaired) electrons. The molecule has 4 nitrogen and oxygen atoms in total. The number of hydrogen-bond acceptors (Lipinski definition) is 4. The highest BCUT2D eigenvalue weighted by Gasteiger charge is 2.03.